The lowest BCUT2D eigenvalue weighted by atomic mass is 10.4. The van der Waals surface area contributed by atoms with Crippen LogP contribution in [0.1, 0.15) is 12.6 Å². The summed E-state index contributed by atoms with van der Waals surface area (Å²) in [4.78, 5) is 7.83. The van der Waals surface area contributed by atoms with Gasteiger partial charge in [-0.3, -0.25) is 0 Å². The van der Waals surface area contributed by atoms with Gasteiger partial charge in [0, 0.05) is 25.0 Å². The number of sulfonamides is 1. The van der Waals surface area contributed by atoms with Crippen LogP contribution in [0.25, 0.3) is 0 Å². The second-order valence-electron chi connectivity index (χ2n) is 4.21. The molecule has 0 radical (unpaired) electrons. The second-order valence-corrected chi connectivity index (χ2v) is 7.15. The van der Waals surface area contributed by atoms with Gasteiger partial charge in [0.1, 0.15) is 0 Å². The van der Waals surface area contributed by atoms with Gasteiger partial charge in [0.2, 0.25) is 0 Å². The van der Waals surface area contributed by atoms with E-state index in [0.717, 1.165) is 11.3 Å². The van der Waals surface area contributed by atoms with Crippen molar-refractivity contribution in [3.05, 3.63) is 24.4 Å². The minimum Gasteiger partial charge on any atom is -0.375 e. The summed E-state index contributed by atoms with van der Waals surface area (Å²) in [5.41, 5.74) is 5.94. The number of hydrogen-bond donors (Lipinski definition) is 2. The molecule has 9 heteroatoms. The molecule has 0 aliphatic carbocycles. The van der Waals surface area contributed by atoms with Gasteiger partial charge in [0.05, 0.1) is 12.0 Å². The first-order valence-corrected chi connectivity index (χ1v) is 7.89. The van der Waals surface area contributed by atoms with E-state index in [9.17, 15) is 8.42 Å². The number of aromatic nitrogens is 3. The Morgan fingerprint density at radius 2 is 2.32 bits per heavy atom. The lowest BCUT2D eigenvalue weighted by Gasteiger charge is -2.13. The molecule has 0 aliphatic heterocycles. The molecule has 19 heavy (non-hydrogen) atoms. The Kier molecular flexibility index (Phi) is 3.88. The summed E-state index contributed by atoms with van der Waals surface area (Å²) in [5.74, 6) is 0. The van der Waals surface area contributed by atoms with Crippen LogP contribution in [0.3, 0.4) is 0 Å². The molecule has 0 saturated heterocycles. The number of imidazole rings is 1. The fraction of sp³-hybridized carbons (Fsp3) is 0.400. The van der Waals surface area contributed by atoms with E-state index in [1.807, 2.05) is 0 Å². The number of nitrogen functional groups attached to an aromatic ring is 1. The number of rotatable bonds is 5. The molecule has 104 valence electrons. The molecule has 0 aromatic carbocycles. The molecular formula is C10H15N5O2S2. The van der Waals surface area contributed by atoms with E-state index >= 15 is 0 Å². The maximum absolute atomic E-state index is 12.2. The Bertz CT molecular complexity index is 648. The molecule has 0 saturated carbocycles. The molecule has 0 fully saturated rings. The van der Waals surface area contributed by atoms with Crippen LogP contribution in [0.15, 0.2) is 22.9 Å². The summed E-state index contributed by atoms with van der Waals surface area (Å²) in [6.45, 7) is 3.92. The number of nitrogens with zero attached hydrogens (tertiary/aromatic N) is 3. The predicted octanol–water partition coefficient (Wildman–Crippen LogP) is 0.597. The van der Waals surface area contributed by atoms with Gasteiger partial charge in [0.25, 0.3) is 10.0 Å². The zero-order valence-corrected chi connectivity index (χ0v) is 12.2. The van der Waals surface area contributed by atoms with Crippen molar-refractivity contribution < 1.29 is 8.42 Å². The maximum atomic E-state index is 12.2. The summed E-state index contributed by atoms with van der Waals surface area (Å²) >= 11 is 0.968. The monoisotopic (exact) mass is 301 g/mol. The molecule has 1 atom stereocenters. The highest BCUT2D eigenvalue weighted by molar-refractivity contribution is 7.91. The van der Waals surface area contributed by atoms with Gasteiger partial charge < -0.3 is 10.3 Å². The summed E-state index contributed by atoms with van der Waals surface area (Å²) < 4.78 is 28.9. The van der Waals surface area contributed by atoms with E-state index in [2.05, 4.69) is 14.7 Å². The van der Waals surface area contributed by atoms with Crippen LogP contribution in [0.2, 0.25) is 0 Å². The van der Waals surface area contributed by atoms with Crippen molar-refractivity contribution in [3.8, 4) is 0 Å². The average Bonchev–Trinajstić information content (AvgIpc) is 2.87. The third-order valence-electron chi connectivity index (χ3n) is 2.41. The number of nitrogens with one attached hydrogen (secondary N) is 1. The molecule has 0 amide bonds. The van der Waals surface area contributed by atoms with Crippen molar-refractivity contribution in [3.63, 3.8) is 0 Å². The van der Waals surface area contributed by atoms with E-state index in [1.54, 1.807) is 37.1 Å². The molecule has 0 aliphatic rings. The number of nitrogens with two attached hydrogens (primary N) is 1. The quantitative estimate of drug-likeness (QED) is 0.841. The van der Waals surface area contributed by atoms with Crippen molar-refractivity contribution in [2.75, 3.05) is 5.73 Å². The Labute approximate surface area is 115 Å². The minimum atomic E-state index is -3.58. The lowest BCUT2D eigenvalue weighted by molar-refractivity contribution is 0.521. The number of aryl methyl sites for hydroxylation is 1. The Balaban J connectivity index is 2.11. The van der Waals surface area contributed by atoms with E-state index in [0.29, 0.717) is 12.2 Å². The van der Waals surface area contributed by atoms with Crippen LogP contribution in [-0.4, -0.2) is 29.0 Å². The van der Waals surface area contributed by atoms with E-state index < -0.39 is 10.0 Å². The van der Waals surface area contributed by atoms with Gasteiger partial charge in [-0.1, -0.05) is 11.3 Å². The summed E-state index contributed by atoms with van der Waals surface area (Å²) in [6, 6.07) is -0.262. The zero-order valence-electron chi connectivity index (χ0n) is 10.6. The van der Waals surface area contributed by atoms with Crippen molar-refractivity contribution >= 4 is 26.5 Å². The molecule has 2 aromatic rings. The standard InChI is InChI=1S/C10H15N5O2S2/c1-7(5-15-4-3-12-6-15)14-19(16,17)9-8(2)13-10(11)18-9/h3-4,6-7,14H,5H2,1-2H3,(H2,11,13). The number of thiazole rings is 1. The smallest absolute Gasteiger partial charge is 0.252 e. The molecular weight excluding hydrogens is 286 g/mol. The second kappa shape index (κ2) is 5.27. The van der Waals surface area contributed by atoms with Gasteiger partial charge >= 0.3 is 0 Å². The number of anilines is 1. The maximum Gasteiger partial charge on any atom is 0.252 e. The molecule has 0 spiro atoms. The van der Waals surface area contributed by atoms with Gasteiger partial charge in [0.15, 0.2) is 9.34 Å². The normalized spacial score (nSPS) is 13.6. The minimum absolute atomic E-state index is 0.169. The molecule has 0 bridgehead atoms. The van der Waals surface area contributed by atoms with E-state index in [-0.39, 0.29) is 15.4 Å². The zero-order chi connectivity index (χ0) is 14.0. The summed E-state index contributed by atoms with van der Waals surface area (Å²) in [7, 11) is -3.58. The first-order valence-electron chi connectivity index (χ1n) is 5.59. The van der Waals surface area contributed by atoms with Gasteiger partial charge in [-0.2, -0.15) is 0 Å². The third kappa shape index (κ3) is 3.31. The molecule has 2 heterocycles. The fourth-order valence-corrected chi connectivity index (χ4v) is 4.27. The van der Waals surface area contributed by atoms with Gasteiger partial charge in [-0.25, -0.2) is 23.1 Å². The highest BCUT2D eigenvalue weighted by atomic mass is 32.2. The predicted molar refractivity (Wildman–Crippen MR) is 73.3 cm³/mol. The molecule has 3 N–H and O–H groups in total. The van der Waals surface area contributed by atoms with Crippen LogP contribution in [0, 0.1) is 6.92 Å². The first-order chi connectivity index (χ1) is 8.88. The summed E-state index contributed by atoms with van der Waals surface area (Å²) in [6.07, 6.45) is 5.07. The van der Waals surface area contributed by atoms with Gasteiger partial charge in [-0.15, -0.1) is 0 Å². The van der Waals surface area contributed by atoms with Crippen LogP contribution in [0.5, 0.6) is 0 Å². The van der Waals surface area contributed by atoms with Crippen molar-refractivity contribution in [1.82, 2.24) is 19.3 Å². The largest absolute Gasteiger partial charge is 0.375 e. The highest BCUT2D eigenvalue weighted by Gasteiger charge is 2.23. The van der Waals surface area contributed by atoms with Crippen molar-refractivity contribution in [2.24, 2.45) is 0 Å². The summed E-state index contributed by atoms with van der Waals surface area (Å²) in [5, 5.41) is 0.250. The highest BCUT2D eigenvalue weighted by Crippen LogP contribution is 2.24. The average molecular weight is 301 g/mol. The SMILES string of the molecule is Cc1nc(N)sc1S(=O)(=O)NC(C)Cn1ccnc1. The number of hydrogen-bond acceptors (Lipinski definition) is 6. The Hall–Kier alpha value is -1.45. The topological polar surface area (TPSA) is 103 Å². The van der Waals surface area contributed by atoms with E-state index in [1.165, 1.54) is 0 Å². The van der Waals surface area contributed by atoms with E-state index in [4.69, 9.17) is 5.73 Å². The van der Waals surface area contributed by atoms with Crippen LogP contribution >= 0.6 is 11.3 Å². The Morgan fingerprint density at radius 1 is 1.58 bits per heavy atom. The molecule has 7 nitrogen and oxygen atoms in total. The fourth-order valence-electron chi connectivity index (χ4n) is 1.72. The van der Waals surface area contributed by atoms with Crippen LogP contribution in [-0.2, 0) is 16.6 Å². The third-order valence-corrected chi connectivity index (χ3v) is 5.60. The molecule has 2 aromatic heterocycles. The molecule has 1 unspecified atom stereocenters. The van der Waals surface area contributed by atoms with Gasteiger partial charge in [-0.05, 0) is 13.8 Å². The van der Waals surface area contributed by atoms with Crippen molar-refractivity contribution in [2.45, 2.75) is 30.6 Å². The van der Waals surface area contributed by atoms with Crippen LogP contribution in [0.4, 0.5) is 5.13 Å². The Morgan fingerprint density at radius 3 is 2.84 bits per heavy atom. The first kappa shape index (κ1) is 14.0. The lowest BCUT2D eigenvalue weighted by Crippen LogP contribution is -2.35. The van der Waals surface area contributed by atoms with Crippen molar-refractivity contribution in [1.29, 1.82) is 0 Å². The molecule has 2 rings (SSSR count). The van der Waals surface area contributed by atoms with Crippen LogP contribution < -0.4 is 10.5 Å².